The molecule has 2 heterocycles. The first kappa shape index (κ1) is 35.2. The third kappa shape index (κ3) is 9.79. The van der Waals surface area contributed by atoms with Crippen molar-refractivity contribution in [3.63, 3.8) is 0 Å². The van der Waals surface area contributed by atoms with Crippen LogP contribution in [0.1, 0.15) is 34.7 Å². The van der Waals surface area contributed by atoms with Gasteiger partial charge >= 0.3 is 11.9 Å². The van der Waals surface area contributed by atoms with Gasteiger partial charge in [-0.05, 0) is 44.2 Å². The van der Waals surface area contributed by atoms with Crippen LogP contribution in [0.25, 0.3) is 0 Å². The molecule has 0 saturated heterocycles. The molecule has 2 aromatic heterocycles. The molecule has 4 aromatic rings. The molecule has 0 aliphatic rings. The number of nitrogens with zero attached hydrogens (tertiary/aromatic N) is 2. The molecule has 4 rings (SSSR count). The number of esters is 2. The number of anilines is 2. The second kappa shape index (κ2) is 16.0. The van der Waals surface area contributed by atoms with Gasteiger partial charge in [0.05, 0.1) is 31.9 Å². The molecule has 0 atom stereocenters. The molecular formula is C25H26F2N4O8S4. The summed E-state index contributed by atoms with van der Waals surface area (Å²) in [6, 6.07) is 14.3. The maximum absolute atomic E-state index is 14.0. The lowest BCUT2D eigenvalue weighted by Gasteiger charge is -2.12. The predicted octanol–water partition coefficient (Wildman–Crippen LogP) is 4.50. The highest BCUT2D eigenvalue weighted by molar-refractivity contribution is 8.03. The summed E-state index contributed by atoms with van der Waals surface area (Å²) in [4.78, 5) is 24.8. The average Bonchev–Trinajstić information content (AvgIpc) is 3.58. The molecule has 0 unspecified atom stereocenters. The molecule has 0 aliphatic heterocycles. The highest BCUT2D eigenvalue weighted by Gasteiger charge is 2.37. The van der Waals surface area contributed by atoms with Crippen molar-refractivity contribution in [1.29, 1.82) is 0 Å². The van der Waals surface area contributed by atoms with Gasteiger partial charge in [-0.25, -0.2) is 31.4 Å². The molecule has 0 saturated carbocycles. The van der Waals surface area contributed by atoms with E-state index in [1.807, 2.05) is 0 Å². The van der Waals surface area contributed by atoms with Gasteiger partial charge in [0.2, 0.25) is 0 Å². The van der Waals surface area contributed by atoms with E-state index >= 15 is 0 Å². The average molecular weight is 677 g/mol. The van der Waals surface area contributed by atoms with Crippen LogP contribution >= 0.6 is 22.7 Å². The summed E-state index contributed by atoms with van der Waals surface area (Å²) in [6.45, 7) is 3.99. The topological polar surface area (TPSA) is 189 Å². The third-order valence-electron chi connectivity index (χ3n) is 4.67. The number of carbonyl (C=O) groups excluding carboxylic acids is 2. The van der Waals surface area contributed by atoms with Crippen LogP contribution in [0.3, 0.4) is 0 Å². The van der Waals surface area contributed by atoms with Crippen molar-refractivity contribution >= 4 is 64.8 Å². The molecule has 0 amide bonds. The fraction of sp³-hybridized carbons (Fsp3) is 0.160. The zero-order chi connectivity index (χ0) is 32.2. The van der Waals surface area contributed by atoms with E-state index in [-0.39, 0.29) is 22.9 Å². The molecule has 0 aliphatic carbocycles. The van der Waals surface area contributed by atoms with E-state index in [9.17, 15) is 35.3 Å². The van der Waals surface area contributed by atoms with Gasteiger partial charge < -0.3 is 20.9 Å². The fourth-order valence-electron chi connectivity index (χ4n) is 2.80. The molecule has 43 heavy (non-hydrogen) atoms. The van der Waals surface area contributed by atoms with Gasteiger partial charge in [-0.1, -0.05) is 47.7 Å². The Labute approximate surface area is 254 Å². The van der Waals surface area contributed by atoms with E-state index in [2.05, 4.69) is 9.72 Å². The number of thiazole rings is 1. The van der Waals surface area contributed by atoms with Crippen LogP contribution in [0.15, 0.2) is 81.9 Å². The number of halogens is 2. The van der Waals surface area contributed by atoms with Crippen molar-refractivity contribution in [1.82, 2.24) is 8.92 Å². The Morgan fingerprint density at radius 3 is 1.70 bits per heavy atom. The Hall–Kier alpha value is -3.97. The summed E-state index contributed by atoms with van der Waals surface area (Å²) in [5, 5.41) is 1.64. The first-order valence-electron chi connectivity index (χ1n) is 11.9. The number of benzene rings is 2. The van der Waals surface area contributed by atoms with Crippen molar-refractivity contribution in [2.45, 2.75) is 23.6 Å². The number of nitrogen functional groups attached to an aromatic ring is 2. The highest BCUT2D eigenvalue weighted by atomic mass is 32.3. The number of thiophene rings is 1. The molecule has 232 valence electrons. The first-order valence-corrected chi connectivity index (χ1v) is 16.5. The van der Waals surface area contributed by atoms with Gasteiger partial charge in [0.15, 0.2) is 16.0 Å². The van der Waals surface area contributed by atoms with Gasteiger partial charge in [-0.3, -0.25) is 0 Å². The molecule has 2 aromatic carbocycles. The summed E-state index contributed by atoms with van der Waals surface area (Å²) in [6.07, 6.45) is 0. The van der Waals surface area contributed by atoms with Gasteiger partial charge in [0.1, 0.15) is 5.56 Å². The van der Waals surface area contributed by atoms with Gasteiger partial charge in [-0.15, -0.1) is 15.8 Å². The number of aromatic nitrogens is 1. The second-order valence-corrected chi connectivity index (χ2v) is 13.3. The van der Waals surface area contributed by atoms with E-state index in [1.54, 1.807) is 19.2 Å². The van der Waals surface area contributed by atoms with Crippen molar-refractivity contribution in [3.8, 4) is 0 Å². The Morgan fingerprint density at radius 1 is 0.860 bits per heavy atom. The molecule has 18 heteroatoms. The third-order valence-corrected chi connectivity index (χ3v) is 9.76. The minimum absolute atomic E-state index is 0.0839. The summed E-state index contributed by atoms with van der Waals surface area (Å²) in [7, 11) is -9.53. The molecule has 4 N–H and O–H groups in total. The number of sulfonamides is 2. The fourth-order valence-corrected chi connectivity index (χ4v) is 6.85. The monoisotopic (exact) mass is 676 g/mol. The zero-order valence-electron chi connectivity index (χ0n) is 22.5. The Balaban J connectivity index is 0.000000241. The summed E-state index contributed by atoms with van der Waals surface area (Å²) in [5.41, 5.74) is 10.8. The van der Waals surface area contributed by atoms with Gasteiger partial charge in [-0.2, -0.15) is 4.39 Å². The van der Waals surface area contributed by atoms with Crippen molar-refractivity contribution in [3.05, 3.63) is 88.5 Å². The van der Waals surface area contributed by atoms with Gasteiger partial charge in [0.25, 0.3) is 20.0 Å². The lowest BCUT2D eigenvalue weighted by atomic mass is 10.3. The Morgan fingerprint density at radius 2 is 1.33 bits per heavy atom. The van der Waals surface area contributed by atoms with E-state index in [4.69, 9.17) is 16.2 Å². The number of rotatable bonds is 8. The molecule has 0 bridgehead atoms. The smallest absolute Gasteiger partial charge is 0.357 e. The molecule has 0 spiro atoms. The lowest BCUT2D eigenvalue weighted by molar-refractivity contribution is 0.0512. The van der Waals surface area contributed by atoms with Crippen LogP contribution in [0.4, 0.5) is 19.0 Å². The largest absolute Gasteiger partial charge is 0.462 e. The minimum Gasteiger partial charge on any atom is -0.462 e. The van der Waals surface area contributed by atoms with Crippen LogP contribution in [0.5, 0.6) is 0 Å². The molecule has 0 fully saturated rings. The number of hydrogen-bond acceptors (Lipinski definition) is 13. The van der Waals surface area contributed by atoms with Crippen LogP contribution in [-0.2, 0) is 29.5 Å². The normalized spacial score (nSPS) is 11.0. The Bertz CT molecular complexity index is 1650. The van der Waals surface area contributed by atoms with E-state index in [0.717, 1.165) is 35.6 Å². The van der Waals surface area contributed by atoms with E-state index in [1.165, 1.54) is 53.8 Å². The van der Waals surface area contributed by atoms with Crippen molar-refractivity contribution in [2.75, 3.05) is 24.7 Å². The van der Waals surface area contributed by atoms with Crippen LogP contribution < -0.4 is 11.5 Å². The van der Waals surface area contributed by atoms with Crippen molar-refractivity contribution < 1.29 is 44.8 Å². The SMILES string of the molecule is CCOC(=O)c1cc(N)sc1F.CCOC(=O)c1csc(N)n1.O=S(=O)(c1ccccc1)N(F)S(=O)(=O)c1ccccc1. The van der Waals surface area contributed by atoms with Crippen LogP contribution in [0, 0.1) is 5.13 Å². The number of nitrogens with two attached hydrogens (primary N) is 2. The predicted molar refractivity (Wildman–Crippen MR) is 157 cm³/mol. The number of ether oxygens (including phenoxy) is 2. The van der Waals surface area contributed by atoms with E-state index < -0.39 is 50.8 Å². The standard InChI is InChI=1S/C12H10FNO4S2.C7H8FNO2S.C6H8N2O2S/c13-14(19(15,16)11-7-3-1-4-8-11)20(17,18)12-9-5-2-6-10-12;1-2-11-7(10)4-3-5(9)12-6(4)8;1-2-10-5(9)4-3-11-6(7)8-4/h1-10H;3H,2,9H2,1H3;3H,2H2,1H3,(H2,7,8). The summed E-state index contributed by atoms with van der Waals surface area (Å²) < 4.78 is 82.7. The maximum atomic E-state index is 14.0. The lowest BCUT2D eigenvalue weighted by Crippen LogP contribution is -2.29. The number of hydrogen-bond donors (Lipinski definition) is 2. The summed E-state index contributed by atoms with van der Waals surface area (Å²) >= 11 is 1.96. The minimum atomic E-state index is -4.77. The number of carbonyl (C=O) groups is 2. The molecule has 12 nitrogen and oxygen atoms in total. The highest BCUT2D eigenvalue weighted by Crippen LogP contribution is 2.24. The maximum Gasteiger partial charge on any atom is 0.357 e. The van der Waals surface area contributed by atoms with E-state index in [0.29, 0.717) is 11.7 Å². The molecular weight excluding hydrogens is 651 g/mol. The van der Waals surface area contributed by atoms with Gasteiger partial charge in [0, 0.05) is 5.38 Å². The molecule has 0 radical (unpaired) electrons. The van der Waals surface area contributed by atoms with Crippen molar-refractivity contribution in [2.24, 2.45) is 0 Å². The first-order chi connectivity index (χ1) is 20.2. The van der Waals surface area contributed by atoms with Crippen LogP contribution in [-0.4, -0.2) is 50.9 Å². The van der Waals surface area contributed by atoms with Crippen LogP contribution in [0.2, 0.25) is 0 Å². The second-order valence-electron chi connectivity index (χ2n) is 7.64. The zero-order valence-corrected chi connectivity index (χ0v) is 25.8. The Kier molecular flexibility index (Phi) is 13.1. The summed E-state index contributed by atoms with van der Waals surface area (Å²) in [5.74, 6) is -1.08. The quantitative estimate of drug-likeness (QED) is 0.197.